The molecule has 1 aliphatic heterocycles. The van der Waals surface area contributed by atoms with Crippen LogP contribution >= 0.6 is 0 Å². The Morgan fingerprint density at radius 3 is 2.29 bits per heavy atom. The third kappa shape index (κ3) is 3.60. The fourth-order valence-electron chi connectivity index (χ4n) is 5.34. The Hall–Kier alpha value is -3.13. The molecule has 4 rings (SSSR count). The van der Waals surface area contributed by atoms with Crippen molar-refractivity contribution in [2.45, 2.75) is 50.0 Å². The standard InChI is InChI=1S/C26H29NO6S/c1-5-7-21-20-14-15-26(24(28)32-3,25(29)33-4)16-18-8-6-9-22(23(18)20)27(21)34(30,31)19-12-10-17(2)11-13-19/h5-13,20-21H,14-16H2,1-4H3/b7-5+/t20-,21+/m0/s1. The van der Waals surface area contributed by atoms with Gasteiger partial charge >= 0.3 is 11.9 Å². The van der Waals surface area contributed by atoms with Crippen molar-refractivity contribution >= 4 is 27.6 Å². The van der Waals surface area contributed by atoms with E-state index in [0.29, 0.717) is 12.1 Å². The molecule has 0 N–H and O–H groups in total. The average molecular weight is 484 g/mol. The van der Waals surface area contributed by atoms with Crippen LogP contribution in [0.2, 0.25) is 0 Å². The lowest BCUT2D eigenvalue weighted by Crippen LogP contribution is -2.43. The average Bonchev–Trinajstić information content (AvgIpc) is 3.03. The Morgan fingerprint density at radius 1 is 1.06 bits per heavy atom. The molecule has 0 radical (unpaired) electrons. The van der Waals surface area contributed by atoms with E-state index in [1.54, 1.807) is 36.4 Å². The van der Waals surface area contributed by atoms with E-state index in [1.807, 2.05) is 32.1 Å². The van der Waals surface area contributed by atoms with Gasteiger partial charge in [0.2, 0.25) is 0 Å². The predicted octanol–water partition coefficient (Wildman–Crippen LogP) is 3.90. The summed E-state index contributed by atoms with van der Waals surface area (Å²) in [7, 11) is -1.33. The van der Waals surface area contributed by atoms with Crippen molar-refractivity contribution in [2.24, 2.45) is 5.41 Å². The highest BCUT2D eigenvalue weighted by Gasteiger charge is 2.54. The van der Waals surface area contributed by atoms with Crippen molar-refractivity contribution < 1.29 is 27.5 Å². The summed E-state index contributed by atoms with van der Waals surface area (Å²) in [5.41, 5.74) is 1.70. The Morgan fingerprint density at radius 2 is 1.71 bits per heavy atom. The molecule has 0 amide bonds. The predicted molar refractivity (Wildman–Crippen MR) is 128 cm³/mol. The summed E-state index contributed by atoms with van der Waals surface area (Å²) in [5.74, 6) is -1.49. The maximum atomic E-state index is 13.9. The van der Waals surface area contributed by atoms with Crippen LogP contribution in [0.5, 0.6) is 0 Å². The molecule has 0 fully saturated rings. The Balaban J connectivity index is 1.91. The van der Waals surface area contributed by atoms with Gasteiger partial charge in [0.25, 0.3) is 10.0 Å². The van der Waals surface area contributed by atoms with Crippen LogP contribution in [0.25, 0.3) is 0 Å². The van der Waals surface area contributed by atoms with Crippen LogP contribution in [0.3, 0.4) is 0 Å². The van der Waals surface area contributed by atoms with Gasteiger partial charge in [-0.25, -0.2) is 8.42 Å². The van der Waals surface area contributed by atoms with Crippen LogP contribution in [-0.4, -0.2) is 40.6 Å². The molecule has 0 unspecified atom stereocenters. The van der Waals surface area contributed by atoms with Gasteiger partial charge in [-0.05, 0) is 62.4 Å². The van der Waals surface area contributed by atoms with Crippen molar-refractivity contribution in [2.75, 3.05) is 18.5 Å². The molecule has 0 saturated carbocycles. The SMILES string of the molecule is C/C=C/[C@@H]1[C@@H]2CCC(C(=O)OC)(C(=O)OC)Cc3cccc(c32)N1S(=O)(=O)c1ccc(C)cc1. The van der Waals surface area contributed by atoms with Gasteiger partial charge < -0.3 is 9.47 Å². The fourth-order valence-corrected chi connectivity index (χ4v) is 7.01. The first-order valence-electron chi connectivity index (χ1n) is 11.2. The molecule has 0 spiro atoms. The summed E-state index contributed by atoms with van der Waals surface area (Å²) in [6.07, 6.45) is 4.42. The number of anilines is 1. The Labute approximate surface area is 200 Å². The molecule has 2 aliphatic rings. The number of aryl methyl sites for hydroxylation is 1. The van der Waals surface area contributed by atoms with Gasteiger partial charge in [0.1, 0.15) is 0 Å². The highest BCUT2D eigenvalue weighted by molar-refractivity contribution is 7.93. The molecule has 1 heterocycles. The molecule has 1 aliphatic carbocycles. The molecule has 180 valence electrons. The zero-order chi connectivity index (χ0) is 24.7. The van der Waals surface area contributed by atoms with E-state index in [1.165, 1.54) is 18.5 Å². The van der Waals surface area contributed by atoms with Gasteiger partial charge in [0, 0.05) is 5.92 Å². The van der Waals surface area contributed by atoms with Crippen molar-refractivity contribution in [3.05, 3.63) is 71.3 Å². The molecule has 2 aromatic carbocycles. The summed E-state index contributed by atoms with van der Waals surface area (Å²) in [4.78, 5) is 25.9. The maximum absolute atomic E-state index is 13.9. The highest BCUT2D eigenvalue weighted by Crippen LogP contribution is 2.53. The van der Waals surface area contributed by atoms with Gasteiger partial charge in [-0.2, -0.15) is 0 Å². The minimum absolute atomic E-state index is 0.0903. The van der Waals surface area contributed by atoms with Crippen LogP contribution in [0.4, 0.5) is 5.69 Å². The number of benzene rings is 2. The zero-order valence-electron chi connectivity index (χ0n) is 19.8. The normalized spacial score (nSPS) is 21.1. The number of nitrogens with zero attached hydrogens (tertiary/aromatic N) is 1. The lowest BCUT2D eigenvalue weighted by molar-refractivity contribution is -0.169. The van der Waals surface area contributed by atoms with Crippen molar-refractivity contribution in [1.82, 2.24) is 0 Å². The second kappa shape index (κ2) is 8.91. The minimum atomic E-state index is -3.86. The van der Waals surface area contributed by atoms with Crippen LogP contribution in [0, 0.1) is 12.3 Å². The molecular weight excluding hydrogens is 454 g/mol. The minimum Gasteiger partial charge on any atom is -0.468 e. The van der Waals surface area contributed by atoms with E-state index in [-0.39, 0.29) is 23.7 Å². The smallest absolute Gasteiger partial charge is 0.323 e. The quantitative estimate of drug-likeness (QED) is 0.364. The molecule has 2 atom stereocenters. The molecule has 0 aromatic heterocycles. The molecule has 2 aromatic rings. The van der Waals surface area contributed by atoms with Gasteiger partial charge in [-0.1, -0.05) is 42.0 Å². The third-order valence-corrected chi connectivity index (χ3v) is 8.78. The number of methoxy groups -OCH3 is 2. The maximum Gasteiger partial charge on any atom is 0.323 e. The summed E-state index contributed by atoms with van der Waals surface area (Å²) in [5, 5.41) is 0. The van der Waals surface area contributed by atoms with E-state index in [0.717, 1.165) is 16.7 Å². The summed E-state index contributed by atoms with van der Waals surface area (Å²) >= 11 is 0. The number of carbonyl (C=O) groups is 2. The number of ether oxygens (including phenoxy) is 2. The number of allylic oxidation sites excluding steroid dienone is 1. The number of carbonyl (C=O) groups excluding carboxylic acids is 2. The third-order valence-electron chi connectivity index (χ3n) is 6.96. The lowest BCUT2D eigenvalue weighted by atomic mass is 9.78. The van der Waals surface area contributed by atoms with Crippen molar-refractivity contribution in [3.63, 3.8) is 0 Å². The molecule has 8 heteroatoms. The van der Waals surface area contributed by atoms with Gasteiger partial charge in [-0.15, -0.1) is 0 Å². The molecule has 0 bridgehead atoms. The van der Waals surface area contributed by atoms with Gasteiger partial charge in [-0.3, -0.25) is 13.9 Å². The van der Waals surface area contributed by atoms with Gasteiger partial charge in [0.05, 0.1) is 30.8 Å². The molecule has 34 heavy (non-hydrogen) atoms. The monoisotopic (exact) mass is 483 g/mol. The summed E-state index contributed by atoms with van der Waals surface area (Å²) in [6.45, 7) is 3.76. The number of hydrogen-bond acceptors (Lipinski definition) is 6. The summed E-state index contributed by atoms with van der Waals surface area (Å²) in [6, 6.07) is 11.7. The second-order valence-corrected chi connectivity index (χ2v) is 10.7. The Kier molecular flexibility index (Phi) is 6.29. The van der Waals surface area contributed by atoms with E-state index >= 15 is 0 Å². The van der Waals surface area contributed by atoms with E-state index in [4.69, 9.17) is 9.47 Å². The lowest BCUT2D eigenvalue weighted by Gasteiger charge is -2.30. The van der Waals surface area contributed by atoms with E-state index < -0.39 is 33.4 Å². The highest BCUT2D eigenvalue weighted by atomic mass is 32.2. The van der Waals surface area contributed by atoms with Crippen LogP contribution in [0.1, 0.15) is 42.4 Å². The first-order valence-corrected chi connectivity index (χ1v) is 12.7. The topological polar surface area (TPSA) is 90.0 Å². The largest absolute Gasteiger partial charge is 0.468 e. The van der Waals surface area contributed by atoms with Crippen molar-refractivity contribution in [1.29, 1.82) is 0 Å². The fraction of sp³-hybridized carbons (Fsp3) is 0.385. The number of hydrogen-bond donors (Lipinski definition) is 0. The Bertz CT molecular complexity index is 1230. The number of esters is 2. The van der Waals surface area contributed by atoms with Crippen LogP contribution in [-0.2, 0) is 35.5 Å². The van der Waals surface area contributed by atoms with E-state index in [9.17, 15) is 18.0 Å². The van der Waals surface area contributed by atoms with Crippen LogP contribution < -0.4 is 4.31 Å². The van der Waals surface area contributed by atoms with Gasteiger partial charge in [0.15, 0.2) is 5.41 Å². The number of rotatable bonds is 5. The van der Waals surface area contributed by atoms with Crippen molar-refractivity contribution in [3.8, 4) is 0 Å². The number of sulfonamides is 1. The molecule has 7 nitrogen and oxygen atoms in total. The van der Waals surface area contributed by atoms with E-state index in [2.05, 4.69) is 0 Å². The molecule has 0 saturated heterocycles. The first kappa shape index (κ1) is 24.0. The molecular formula is C26H29NO6S. The second-order valence-electron chi connectivity index (χ2n) is 8.87. The van der Waals surface area contributed by atoms with Crippen LogP contribution in [0.15, 0.2) is 59.5 Å². The summed E-state index contributed by atoms with van der Waals surface area (Å²) < 4.78 is 39.3. The zero-order valence-corrected chi connectivity index (χ0v) is 20.6. The first-order chi connectivity index (χ1) is 16.2.